The lowest BCUT2D eigenvalue weighted by molar-refractivity contribution is -0.117. The van der Waals surface area contributed by atoms with Crippen molar-refractivity contribution in [3.63, 3.8) is 0 Å². The van der Waals surface area contributed by atoms with E-state index in [1.807, 2.05) is 61.3 Å². The Bertz CT molecular complexity index is 717. The molecule has 0 saturated carbocycles. The molecule has 0 aliphatic heterocycles. The molecule has 0 unspecified atom stereocenters. The molecule has 7 heteroatoms. The van der Waals surface area contributed by atoms with E-state index in [4.69, 9.17) is 0 Å². The van der Waals surface area contributed by atoms with Gasteiger partial charge in [0.2, 0.25) is 5.91 Å². The van der Waals surface area contributed by atoms with Gasteiger partial charge in [0.15, 0.2) is 0 Å². The summed E-state index contributed by atoms with van der Waals surface area (Å²) in [6, 6.07) is 13.0. The summed E-state index contributed by atoms with van der Waals surface area (Å²) in [7, 11) is 1.82. The summed E-state index contributed by atoms with van der Waals surface area (Å²) >= 11 is 10.3. The molecule has 2 aromatic carbocycles. The molecule has 25 heavy (non-hydrogen) atoms. The highest BCUT2D eigenvalue weighted by atomic mass is 79.9. The second kappa shape index (κ2) is 9.28. The number of rotatable bonds is 6. The van der Waals surface area contributed by atoms with E-state index in [2.05, 4.69) is 53.1 Å². The van der Waals surface area contributed by atoms with Gasteiger partial charge >= 0.3 is 0 Å². The number of aliphatic hydroxyl groups excluding tert-OH is 1. The number of amides is 1. The summed E-state index contributed by atoms with van der Waals surface area (Å²) in [5.41, 5.74) is 1.51. The monoisotopic (exact) mass is 532 g/mol. The van der Waals surface area contributed by atoms with E-state index in [9.17, 15) is 9.90 Å². The molecule has 0 radical (unpaired) electrons. The SMILES string of the molecule is C[C@H]([C@H](O)c1ccccc1)N(C)CC(=O)Nc1c(Br)cc(Br)cc1Br. The van der Waals surface area contributed by atoms with Gasteiger partial charge in [0.25, 0.3) is 0 Å². The van der Waals surface area contributed by atoms with Gasteiger partial charge in [0, 0.05) is 19.5 Å². The summed E-state index contributed by atoms with van der Waals surface area (Å²) < 4.78 is 2.46. The third-order valence-corrected chi connectivity index (χ3v) is 5.67. The van der Waals surface area contributed by atoms with Crippen molar-refractivity contribution in [2.24, 2.45) is 0 Å². The fourth-order valence-electron chi connectivity index (χ4n) is 2.38. The van der Waals surface area contributed by atoms with Crippen LogP contribution in [0.4, 0.5) is 5.69 Å². The minimum atomic E-state index is -0.662. The molecule has 0 aliphatic rings. The molecule has 2 aromatic rings. The average molecular weight is 535 g/mol. The van der Waals surface area contributed by atoms with Gasteiger partial charge in [0.05, 0.1) is 18.3 Å². The molecule has 0 fully saturated rings. The number of likely N-dealkylation sites (N-methyl/N-ethyl adjacent to an activating group) is 1. The van der Waals surface area contributed by atoms with Crippen molar-refractivity contribution in [2.75, 3.05) is 18.9 Å². The van der Waals surface area contributed by atoms with E-state index in [0.29, 0.717) is 5.69 Å². The number of nitrogens with one attached hydrogen (secondary N) is 1. The highest BCUT2D eigenvalue weighted by molar-refractivity contribution is 9.11. The number of halogens is 3. The maximum atomic E-state index is 12.4. The number of hydrogen-bond donors (Lipinski definition) is 2. The zero-order chi connectivity index (χ0) is 18.6. The topological polar surface area (TPSA) is 52.6 Å². The van der Waals surface area contributed by atoms with Crippen molar-refractivity contribution in [1.29, 1.82) is 0 Å². The Labute approximate surface area is 173 Å². The highest BCUT2D eigenvalue weighted by Crippen LogP contribution is 2.34. The second-order valence-corrected chi connectivity index (χ2v) is 8.43. The minimum Gasteiger partial charge on any atom is -0.387 e. The van der Waals surface area contributed by atoms with Gasteiger partial charge in [-0.2, -0.15) is 0 Å². The van der Waals surface area contributed by atoms with E-state index >= 15 is 0 Å². The number of carbonyl (C=O) groups excluding carboxylic acids is 1. The number of aliphatic hydroxyl groups is 1. The lowest BCUT2D eigenvalue weighted by Crippen LogP contribution is -2.39. The average Bonchev–Trinajstić information content (AvgIpc) is 2.57. The maximum Gasteiger partial charge on any atom is 0.238 e. The third-order valence-electron chi connectivity index (χ3n) is 3.96. The van der Waals surface area contributed by atoms with Crippen LogP contribution in [0.1, 0.15) is 18.6 Å². The van der Waals surface area contributed by atoms with E-state index in [1.54, 1.807) is 0 Å². The number of anilines is 1. The number of carbonyl (C=O) groups is 1. The van der Waals surface area contributed by atoms with Gasteiger partial charge < -0.3 is 10.4 Å². The Morgan fingerprint density at radius 3 is 2.28 bits per heavy atom. The van der Waals surface area contributed by atoms with Crippen LogP contribution in [0.25, 0.3) is 0 Å². The molecule has 2 N–H and O–H groups in total. The lowest BCUT2D eigenvalue weighted by Gasteiger charge is -2.28. The van der Waals surface area contributed by atoms with Crippen LogP contribution in [0.2, 0.25) is 0 Å². The Morgan fingerprint density at radius 1 is 1.16 bits per heavy atom. The van der Waals surface area contributed by atoms with Gasteiger partial charge in [-0.05, 0) is 63.5 Å². The molecular formula is C18H19Br3N2O2. The standard InChI is InChI=1S/C18H19Br3N2O2/c1-11(18(25)12-6-4-3-5-7-12)23(2)10-16(24)22-17-14(20)8-13(19)9-15(17)21/h3-9,11,18,25H,10H2,1-2H3,(H,22,24)/t11-,18+/m1/s1. The van der Waals surface area contributed by atoms with Crippen LogP contribution in [-0.4, -0.2) is 35.5 Å². The molecule has 0 saturated heterocycles. The molecule has 0 spiro atoms. The molecule has 4 nitrogen and oxygen atoms in total. The molecule has 0 aliphatic carbocycles. The first-order valence-electron chi connectivity index (χ1n) is 7.67. The summed E-state index contributed by atoms with van der Waals surface area (Å²) in [5.74, 6) is -0.154. The molecule has 2 rings (SSSR count). The molecule has 1 amide bonds. The highest BCUT2D eigenvalue weighted by Gasteiger charge is 2.22. The Hall–Kier alpha value is -0.730. The van der Waals surface area contributed by atoms with Gasteiger partial charge in [-0.3, -0.25) is 9.69 Å². The molecular weight excluding hydrogens is 516 g/mol. The molecule has 134 valence electrons. The van der Waals surface area contributed by atoms with Crippen molar-refractivity contribution < 1.29 is 9.90 Å². The number of nitrogens with zero attached hydrogens (tertiary/aromatic N) is 1. The Balaban J connectivity index is 2.00. The number of benzene rings is 2. The van der Waals surface area contributed by atoms with Gasteiger partial charge in [0.1, 0.15) is 0 Å². The Morgan fingerprint density at radius 2 is 1.72 bits per heavy atom. The summed E-state index contributed by atoms with van der Waals surface area (Å²) in [6.45, 7) is 2.07. The minimum absolute atomic E-state index is 0.154. The fourth-order valence-corrected chi connectivity index (χ4v) is 4.84. The predicted molar refractivity (Wildman–Crippen MR) is 112 cm³/mol. The largest absolute Gasteiger partial charge is 0.387 e. The first-order chi connectivity index (χ1) is 11.8. The van der Waals surface area contributed by atoms with Gasteiger partial charge in [-0.15, -0.1) is 0 Å². The van der Waals surface area contributed by atoms with E-state index in [0.717, 1.165) is 19.0 Å². The normalized spacial score (nSPS) is 13.6. The molecule has 0 aromatic heterocycles. The molecule has 2 atom stereocenters. The van der Waals surface area contributed by atoms with E-state index in [1.165, 1.54) is 0 Å². The van der Waals surface area contributed by atoms with Gasteiger partial charge in [-0.1, -0.05) is 46.3 Å². The van der Waals surface area contributed by atoms with Crippen LogP contribution in [0.3, 0.4) is 0 Å². The van der Waals surface area contributed by atoms with E-state index < -0.39 is 6.10 Å². The smallest absolute Gasteiger partial charge is 0.238 e. The van der Waals surface area contributed by atoms with Crippen molar-refractivity contribution >= 4 is 59.4 Å². The first-order valence-corrected chi connectivity index (χ1v) is 10.0. The van der Waals surface area contributed by atoms with Crippen LogP contribution in [0.15, 0.2) is 55.9 Å². The van der Waals surface area contributed by atoms with Crippen LogP contribution < -0.4 is 5.32 Å². The summed E-state index contributed by atoms with van der Waals surface area (Å²) in [5, 5.41) is 13.4. The molecule has 0 heterocycles. The maximum absolute atomic E-state index is 12.4. The van der Waals surface area contributed by atoms with Crippen molar-refractivity contribution in [3.8, 4) is 0 Å². The summed E-state index contributed by atoms with van der Waals surface area (Å²) in [6.07, 6.45) is -0.662. The van der Waals surface area contributed by atoms with Crippen molar-refractivity contribution in [3.05, 3.63) is 61.4 Å². The van der Waals surface area contributed by atoms with E-state index in [-0.39, 0.29) is 18.5 Å². The number of hydrogen-bond acceptors (Lipinski definition) is 3. The summed E-state index contributed by atoms with van der Waals surface area (Å²) in [4.78, 5) is 14.2. The Kier molecular flexibility index (Phi) is 7.64. The zero-order valence-corrected chi connectivity index (χ0v) is 18.6. The fraction of sp³-hybridized carbons (Fsp3) is 0.278. The van der Waals surface area contributed by atoms with Crippen LogP contribution in [0.5, 0.6) is 0 Å². The van der Waals surface area contributed by atoms with Crippen LogP contribution in [-0.2, 0) is 4.79 Å². The van der Waals surface area contributed by atoms with Crippen molar-refractivity contribution in [1.82, 2.24) is 4.90 Å². The predicted octanol–water partition coefficient (Wildman–Crippen LogP) is 4.97. The molecule has 0 bridgehead atoms. The zero-order valence-electron chi connectivity index (χ0n) is 13.8. The van der Waals surface area contributed by atoms with Crippen molar-refractivity contribution in [2.45, 2.75) is 19.1 Å². The van der Waals surface area contributed by atoms with Crippen LogP contribution in [0, 0.1) is 0 Å². The lowest BCUT2D eigenvalue weighted by atomic mass is 10.0. The third kappa shape index (κ3) is 5.62. The van der Waals surface area contributed by atoms with Crippen LogP contribution >= 0.6 is 47.8 Å². The van der Waals surface area contributed by atoms with Gasteiger partial charge in [-0.25, -0.2) is 0 Å². The first kappa shape index (κ1) is 20.6. The second-order valence-electron chi connectivity index (χ2n) is 5.80. The quantitative estimate of drug-likeness (QED) is 0.550.